The van der Waals surface area contributed by atoms with Crippen LogP contribution in [0.4, 0.5) is 18.9 Å². The van der Waals surface area contributed by atoms with Gasteiger partial charge in [0.1, 0.15) is 6.42 Å². The Hall–Kier alpha value is -2.54. The van der Waals surface area contributed by atoms with Crippen molar-refractivity contribution in [1.82, 2.24) is 4.90 Å². The molecule has 4 nitrogen and oxygen atoms in total. The van der Waals surface area contributed by atoms with Gasteiger partial charge in [-0.3, -0.25) is 9.59 Å². The van der Waals surface area contributed by atoms with Crippen LogP contribution in [0.3, 0.4) is 0 Å². The van der Waals surface area contributed by atoms with Crippen LogP contribution in [0.5, 0.6) is 0 Å². The highest BCUT2D eigenvalue weighted by atomic mass is 35.5. The van der Waals surface area contributed by atoms with E-state index in [9.17, 15) is 22.8 Å². The number of nitrogens with one attached hydrogen (secondary N) is 1. The number of anilines is 1. The molecule has 8 heteroatoms. The summed E-state index contributed by atoms with van der Waals surface area (Å²) in [5.41, 5.74) is 0.688. The maximum atomic E-state index is 13.1. The van der Waals surface area contributed by atoms with E-state index in [0.29, 0.717) is 19.5 Å². The molecule has 0 saturated heterocycles. The van der Waals surface area contributed by atoms with Crippen molar-refractivity contribution in [2.45, 2.75) is 25.6 Å². The van der Waals surface area contributed by atoms with E-state index in [1.165, 1.54) is 11.0 Å². The van der Waals surface area contributed by atoms with Crippen molar-refractivity contribution < 1.29 is 22.8 Å². The molecule has 2 aromatic carbocycles. The first-order valence-electron chi connectivity index (χ1n) is 8.25. The van der Waals surface area contributed by atoms with E-state index in [4.69, 9.17) is 11.6 Å². The predicted octanol–water partition coefficient (Wildman–Crippen LogP) is 4.27. The standard InChI is InChI=1S/C19H16ClF3N2O2/c20-14-5-6-16(15(9-14)19(21,22)23)24-17(26)10-18(27)25-8-7-12-3-1-2-4-13(12)11-25/h1-6,9H,7-8,10-11H2,(H,24,26). The second-order valence-corrected chi connectivity index (χ2v) is 6.68. The number of halogens is 4. The summed E-state index contributed by atoms with van der Waals surface area (Å²) in [6, 6.07) is 10.8. The fraction of sp³-hybridized carbons (Fsp3) is 0.263. The number of amides is 2. The maximum absolute atomic E-state index is 13.1. The third kappa shape index (κ3) is 4.60. The Morgan fingerprint density at radius 3 is 2.52 bits per heavy atom. The monoisotopic (exact) mass is 396 g/mol. The largest absolute Gasteiger partial charge is 0.418 e. The molecular weight excluding hydrogens is 381 g/mol. The SMILES string of the molecule is O=C(CC(=O)N1CCc2ccccc2C1)Nc1ccc(Cl)cc1C(F)(F)F. The topological polar surface area (TPSA) is 49.4 Å². The molecule has 1 aliphatic rings. The molecule has 0 atom stereocenters. The van der Waals surface area contributed by atoms with Crippen molar-refractivity contribution in [3.63, 3.8) is 0 Å². The Morgan fingerprint density at radius 1 is 1.11 bits per heavy atom. The highest BCUT2D eigenvalue weighted by molar-refractivity contribution is 6.30. The number of fused-ring (bicyclic) bond motifs is 1. The van der Waals surface area contributed by atoms with E-state index in [1.807, 2.05) is 24.3 Å². The van der Waals surface area contributed by atoms with Crippen LogP contribution in [0.25, 0.3) is 0 Å². The summed E-state index contributed by atoms with van der Waals surface area (Å²) in [6.45, 7) is 0.856. The molecule has 0 aromatic heterocycles. The Balaban J connectivity index is 1.66. The Bertz CT molecular complexity index is 883. The van der Waals surface area contributed by atoms with E-state index in [0.717, 1.165) is 23.3 Å². The number of carbonyl (C=O) groups is 2. The normalized spacial score (nSPS) is 13.9. The van der Waals surface area contributed by atoms with Gasteiger partial charge < -0.3 is 10.2 Å². The minimum absolute atomic E-state index is 0.0941. The Labute approximate surface area is 158 Å². The van der Waals surface area contributed by atoms with E-state index in [-0.39, 0.29) is 5.02 Å². The van der Waals surface area contributed by atoms with E-state index in [1.54, 1.807) is 0 Å². The minimum Gasteiger partial charge on any atom is -0.338 e. The van der Waals surface area contributed by atoms with Gasteiger partial charge in [0.15, 0.2) is 0 Å². The third-order valence-corrected chi connectivity index (χ3v) is 4.59. The molecule has 2 aromatic rings. The summed E-state index contributed by atoms with van der Waals surface area (Å²) < 4.78 is 39.3. The lowest BCUT2D eigenvalue weighted by Crippen LogP contribution is -2.37. The highest BCUT2D eigenvalue weighted by Gasteiger charge is 2.34. The molecule has 142 valence electrons. The van der Waals surface area contributed by atoms with Gasteiger partial charge in [-0.15, -0.1) is 0 Å². The first-order chi connectivity index (χ1) is 12.7. The summed E-state index contributed by atoms with van der Waals surface area (Å²) in [4.78, 5) is 26.0. The van der Waals surface area contributed by atoms with Gasteiger partial charge in [-0.05, 0) is 35.7 Å². The molecular formula is C19H16ClF3N2O2. The molecule has 0 saturated carbocycles. The van der Waals surface area contributed by atoms with Crippen molar-refractivity contribution in [1.29, 1.82) is 0 Å². The summed E-state index contributed by atoms with van der Waals surface area (Å²) >= 11 is 5.61. The summed E-state index contributed by atoms with van der Waals surface area (Å²) in [7, 11) is 0. The van der Waals surface area contributed by atoms with Gasteiger partial charge in [-0.2, -0.15) is 13.2 Å². The van der Waals surface area contributed by atoms with Crippen molar-refractivity contribution in [2.24, 2.45) is 0 Å². The first-order valence-corrected chi connectivity index (χ1v) is 8.63. The van der Waals surface area contributed by atoms with Crippen LogP contribution in [0, 0.1) is 0 Å². The molecule has 0 radical (unpaired) electrons. The van der Waals surface area contributed by atoms with Crippen LogP contribution in [0.2, 0.25) is 5.02 Å². The van der Waals surface area contributed by atoms with Crippen molar-refractivity contribution in [3.05, 3.63) is 64.2 Å². The van der Waals surface area contributed by atoms with E-state index < -0.39 is 35.7 Å². The second kappa shape index (κ2) is 7.60. The lowest BCUT2D eigenvalue weighted by molar-refractivity contribution is -0.137. The lowest BCUT2D eigenvalue weighted by Gasteiger charge is -2.28. The number of nitrogens with zero attached hydrogens (tertiary/aromatic N) is 1. The van der Waals surface area contributed by atoms with Crippen LogP contribution < -0.4 is 5.32 Å². The fourth-order valence-corrected chi connectivity index (χ4v) is 3.18. The molecule has 27 heavy (non-hydrogen) atoms. The number of rotatable bonds is 3. The third-order valence-electron chi connectivity index (χ3n) is 4.36. The first kappa shape index (κ1) is 19.2. The zero-order valence-electron chi connectivity index (χ0n) is 14.1. The van der Waals surface area contributed by atoms with Crippen LogP contribution >= 0.6 is 11.6 Å². The number of alkyl halides is 3. The summed E-state index contributed by atoms with van der Waals surface area (Å²) in [5.74, 6) is -1.23. The van der Waals surface area contributed by atoms with Crippen molar-refractivity contribution >= 4 is 29.1 Å². The van der Waals surface area contributed by atoms with Gasteiger partial charge >= 0.3 is 6.18 Å². The smallest absolute Gasteiger partial charge is 0.338 e. The second-order valence-electron chi connectivity index (χ2n) is 6.25. The number of benzene rings is 2. The summed E-state index contributed by atoms with van der Waals surface area (Å²) in [5, 5.41) is 2.07. The fourth-order valence-electron chi connectivity index (χ4n) is 3.01. The molecule has 0 fully saturated rings. The van der Waals surface area contributed by atoms with E-state index in [2.05, 4.69) is 5.32 Å². The highest BCUT2D eigenvalue weighted by Crippen LogP contribution is 2.36. The number of carbonyl (C=O) groups excluding carboxylic acids is 2. The van der Waals surface area contributed by atoms with Crippen LogP contribution in [0.15, 0.2) is 42.5 Å². The predicted molar refractivity (Wildman–Crippen MR) is 95.3 cm³/mol. The van der Waals surface area contributed by atoms with Crippen LogP contribution in [0.1, 0.15) is 23.1 Å². The Kier molecular flexibility index (Phi) is 5.41. The van der Waals surface area contributed by atoms with Crippen molar-refractivity contribution in [3.8, 4) is 0 Å². The van der Waals surface area contributed by atoms with Gasteiger partial charge in [-0.1, -0.05) is 35.9 Å². The molecule has 1 N–H and O–H groups in total. The lowest BCUT2D eigenvalue weighted by atomic mass is 10.00. The zero-order valence-corrected chi connectivity index (χ0v) is 14.9. The molecule has 0 spiro atoms. The Morgan fingerprint density at radius 2 is 1.81 bits per heavy atom. The molecule has 1 aliphatic heterocycles. The number of hydrogen-bond acceptors (Lipinski definition) is 2. The van der Waals surface area contributed by atoms with Gasteiger partial charge in [0.25, 0.3) is 0 Å². The van der Waals surface area contributed by atoms with E-state index >= 15 is 0 Å². The molecule has 2 amide bonds. The van der Waals surface area contributed by atoms with Gasteiger partial charge in [-0.25, -0.2) is 0 Å². The van der Waals surface area contributed by atoms with Crippen LogP contribution in [-0.4, -0.2) is 23.3 Å². The average Bonchev–Trinajstić information content (AvgIpc) is 2.61. The zero-order chi connectivity index (χ0) is 19.6. The van der Waals surface area contributed by atoms with Crippen molar-refractivity contribution in [2.75, 3.05) is 11.9 Å². The number of hydrogen-bond donors (Lipinski definition) is 1. The van der Waals surface area contributed by atoms with Gasteiger partial charge in [0, 0.05) is 18.1 Å². The molecule has 0 unspecified atom stereocenters. The molecule has 0 bridgehead atoms. The summed E-state index contributed by atoms with van der Waals surface area (Å²) in [6.07, 6.45) is -4.52. The van der Waals surface area contributed by atoms with Gasteiger partial charge in [0.05, 0.1) is 11.3 Å². The molecule has 0 aliphatic carbocycles. The quantitative estimate of drug-likeness (QED) is 0.787. The minimum atomic E-state index is -4.67. The average molecular weight is 397 g/mol. The maximum Gasteiger partial charge on any atom is 0.418 e. The molecule has 3 rings (SSSR count). The van der Waals surface area contributed by atoms with Crippen LogP contribution in [-0.2, 0) is 28.7 Å². The molecule has 1 heterocycles. The van der Waals surface area contributed by atoms with Gasteiger partial charge in [0.2, 0.25) is 11.8 Å².